The first-order valence-electron chi connectivity index (χ1n) is 5.33. The summed E-state index contributed by atoms with van der Waals surface area (Å²) in [4.78, 5) is 15.0. The monoisotopic (exact) mass is 316 g/mol. The Labute approximate surface area is 116 Å². The molecular formula is C11H17BrN4O2. The molecule has 4 N–H and O–H groups in total. The fourth-order valence-electron chi connectivity index (χ4n) is 1.21. The Morgan fingerprint density at radius 1 is 1.22 bits per heavy atom. The molecule has 0 aromatic carbocycles. The first kappa shape index (κ1) is 16.4. The summed E-state index contributed by atoms with van der Waals surface area (Å²) in [5.74, 6) is -0.256. The van der Waals surface area contributed by atoms with Crippen molar-refractivity contribution in [3.63, 3.8) is 0 Å². The number of esters is 1. The van der Waals surface area contributed by atoms with Crippen LogP contribution >= 0.6 is 0 Å². The lowest BCUT2D eigenvalue weighted by molar-refractivity contribution is -0.696. The normalized spacial score (nSPS) is 9.11. The molecule has 7 heteroatoms. The maximum atomic E-state index is 11.3. The predicted octanol–water partition coefficient (Wildman–Crippen LogP) is -3.82. The van der Waals surface area contributed by atoms with Gasteiger partial charge in [0.15, 0.2) is 24.9 Å². The number of ether oxygens (including phenoxy) is 1. The summed E-state index contributed by atoms with van der Waals surface area (Å²) in [6.45, 7) is 1.10. The molecule has 0 aliphatic heterocycles. The highest BCUT2D eigenvalue weighted by Crippen LogP contribution is 1.88. The number of carbonyl (C=O) groups excluding carboxylic acids is 1. The van der Waals surface area contributed by atoms with Crippen molar-refractivity contribution < 1.29 is 31.1 Å². The lowest BCUT2D eigenvalue weighted by Gasteiger charge is -2.01. The van der Waals surface area contributed by atoms with Crippen molar-refractivity contribution in [3.05, 3.63) is 30.6 Å². The molecule has 0 fully saturated rings. The smallest absolute Gasteiger partial charge is 0.312 e. The fraction of sp³-hybridized carbons (Fsp3) is 0.364. The molecule has 1 rings (SSSR count). The van der Waals surface area contributed by atoms with Crippen molar-refractivity contribution in [2.24, 2.45) is 16.5 Å². The predicted molar refractivity (Wildman–Crippen MR) is 62.9 cm³/mol. The first-order chi connectivity index (χ1) is 8.18. The Morgan fingerprint density at radius 3 is 2.50 bits per heavy atom. The topological polar surface area (TPSA) is 94.6 Å². The largest absolute Gasteiger partial charge is 1.00 e. The van der Waals surface area contributed by atoms with Crippen molar-refractivity contribution in [1.82, 2.24) is 0 Å². The Bertz CT molecular complexity index is 380. The average Bonchev–Trinajstić information content (AvgIpc) is 2.33. The quantitative estimate of drug-likeness (QED) is 0.185. The number of aryl methyl sites for hydroxylation is 1. The molecule has 0 saturated carbocycles. The van der Waals surface area contributed by atoms with E-state index in [0.717, 1.165) is 0 Å². The number of hydrogen-bond acceptors (Lipinski definition) is 3. The van der Waals surface area contributed by atoms with Gasteiger partial charge in [-0.2, -0.15) is 0 Å². The van der Waals surface area contributed by atoms with E-state index < -0.39 is 0 Å². The number of guanidine groups is 1. The molecule has 1 aromatic rings. The van der Waals surface area contributed by atoms with E-state index in [4.69, 9.17) is 16.2 Å². The van der Waals surface area contributed by atoms with Crippen LogP contribution in [-0.2, 0) is 16.1 Å². The number of hydrogen-bond donors (Lipinski definition) is 2. The molecule has 0 amide bonds. The van der Waals surface area contributed by atoms with Crippen molar-refractivity contribution >= 4 is 11.9 Å². The summed E-state index contributed by atoms with van der Waals surface area (Å²) in [5, 5.41) is 0. The van der Waals surface area contributed by atoms with Crippen LogP contribution in [0.25, 0.3) is 0 Å². The number of nitrogens with two attached hydrogens (primary N) is 2. The number of carbonyl (C=O) groups is 1. The van der Waals surface area contributed by atoms with Crippen LogP contribution < -0.4 is 33.0 Å². The molecule has 100 valence electrons. The van der Waals surface area contributed by atoms with Gasteiger partial charge in [0.1, 0.15) is 13.0 Å². The Morgan fingerprint density at radius 2 is 1.89 bits per heavy atom. The highest BCUT2D eigenvalue weighted by atomic mass is 79.9. The SMILES string of the molecule is NC(N)=NCCOC(=O)CC[n+]1ccccc1.[Br-]. The van der Waals surface area contributed by atoms with Gasteiger partial charge < -0.3 is 33.2 Å². The minimum Gasteiger partial charge on any atom is -1.00 e. The van der Waals surface area contributed by atoms with Gasteiger partial charge in [0, 0.05) is 12.1 Å². The zero-order valence-corrected chi connectivity index (χ0v) is 11.5. The molecule has 0 saturated heterocycles. The summed E-state index contributed by atoms with van der Waals surface area (Å²) in [7, 11) is 0. The van der Waals surface area contributed by atoms with Gasteiger partial charge in [-0.05, 0) is 0 Å². The number of rotatable bonds is 6. The van der Waals surface area contributed by atoms with Crippen molar-refractivity contribution in [2.45, 2.75) is 13.0 Å². The molecule has 1 aromatic heterocycles. The molecule has 1 heterocycles. The van der Waals surface area contributed by atoms with Gasteiger partial charge in [-0.15, -0.1) is 0 Å². The van der Waals surface area contributed by atoms with Crippen LogP contribution in [0, 0.1) is 0 Å². The number of nitrogens with zero attached hydrogens (tertiary/aromatic N) is 2. The van der Waals surface area contributed by atoms with Crippen molar-refractivity contribution in [3.8, 4) is 0 Å². The van der Waals surface area contributed by atoms with E-state index in [1.54, 1.807) is 0 Å². The molecule has 0 radical (unpaired) electrons. The second-order valence-electron chi connectivity index (χ2n) is 3.39. The minimum absolute atomic E-state index is 0. The Balaban J connectivity index is 0.00000289. The zero-order chi connectivity index (χ0) is 12.5. The summed E-state index contributed by atoms with van der Waals surface area (Å²) >= 11 is 0. The summed E-state index contributed by atoms with van der Waals surface area (Å²) in [5.41, 5.74) is 10.3. The summed E-state index contributed by atoms with van der Waals surface area (Å²) in [6.07, 6.45) is 4.12. The van der Waals surface area contributed by atoms with Crippen LogP contribution in [0.4, 0.5) is 0 Å². The second-order valence-corrected chi connectivity index (χ2v) is 3.39. The number of aromatic nitrogens is 1. The van der Waals surface area contributed by atoms with Crippen LogP contribution in [0.5, 0.6) is 0 Å². The van der Waals surface area contributed by atoms with Gasteiger partial charge in [-0.25, -0.2) is 4.57 Å². The van der Waals surface area contributed by atoms with Gasteiger partial charge in [-0.1, -0.05) is 6.07 Å². The van der Waals surface area contributed by atoms with Crippen molar-refractivity contribution in [1.29, 1.82) is 0 Å². The lowest BCUT2D eigenvalue weighted by atomic mass is 10.4. The van der Waals surface area contributed by atoms with Crippen LogP contribution in [-0.4, -0.2) is 25.1 Å². The van der Waals surface area contributed by atoms with Gasteiger partial charge in [0.25, 0.3) is 0 Å². The molecule has 0 unspecified atom stereocenters. The molecular weight excluding hydrogens is 300 g/mol. The zero-order valence-electron chi connectivity index (χ0n) is 9.96. The van der Waals surface area contributed by atoms with Crippen LogP contribution in [0.1, 0.15) is 6.42 Å². The van der Waals surface area contributed by atoms with Gasteiger partial charge in [0.2, 0.25) is 0 Å². The summed E-state index contributed by atoms with van der Waals surface area (Å²) < 4.78 is 6.86. The van der Waals surface area contributed by atoms with E-state index in [-0.39, 0.29) is 35.5 Å². The van der Waals surface area contributed by atoms with Crippen LogP contribution in [0.3, 0.4) is 0 Å². The van der Waals surface area contributed by atoms with E-state index in [0.29, 0.717) is 19.5 Å². The third kappa shape index (κ3) is 7.61. The third-order valence-electron chi connectivity index (χ3n) is 2.00. The van der Waals surface area contributed by atoms with E-state index in [1.165, 1.54) is 0 Å². The summed E-state index contributed by atoms with van der Waals surface area (Å²) in [6, 6.07) is 5.73. The Kier molecular flexibility index (Phi) is 8.55. The fourth-order valence-corrected chi connectivity index (χ4v) is 1.21. The molecule has 0 bridgehead atoms. The number of aliphatic imine (C=N–C) groups is 1. The van der Waals surface area contributed by atoms with Gasteiger partial charge >= 0.3 is 5.97 Å². The maximum absolute atomic E-state index is 11.3. The van der Waals surface area contributed by atoms with E-state index in [2.05, 4.69) is 4.99 Å². The van der Waals surface area contributed by atoms with Gasteiger partial charge in [0.05, 0.1) is 6.54 Å². The van der Waals surface area contributed by atoms with Gasteiger partial charge in [-0.3, -0.25) is 9.79 Å². The molecule has 0 atom stereocenters. The molecule has 0 aliphatic rings. The highest BCUT2D eigenvalue weighted by Gasteiger charge is 2.06. The second kappa shape index (κ2) is 9.41. The Hall–Kier alpha value is -1.63. The van der Waals surface area contributed by atoms with E-state index in [9.17, 15) is 4.79 Å². The van der Waals surface area contributed by atoms with Crippen LogP contribution in [0.2, 0.25) is 0 Å². The maximum Gasteiger partial charge on any atom is 0.312 e. The molecule has 0 spiro atoms. The number of halogens is 1. The lowest BCUT2D eigenvalue weighted by Crippen LogP contribution is -3.00. The third-order valence-corrected chi connectivity index (χ3v) is 2.00. The average molecular weight is 317 g/mol. The molecule has 18 heavy (non-hydrogen) atoms. The van der Waals surface area contributed by atoms with Crippen LogP contribution in [0.15, 0.2) is 35.6 Å². The standard InChI is InChI=1S/C11H17N4O2.BrH/c12-11(13)14-5-9-17-10(16)4-8-15-6-2-1-3-7-15;/h1-3,6-7H,4-5,8-9H2,(H4,12,13,14);1H/q+1;/p-1. The highest BCUT2D eigenvalue weighted by molar-refractivity contribution is 5.75. The molecule has 6 nitrogen and oxygen atoms in total. The minimum atomic E-state index is -0.257. The van der Waals surface area contributed by atoms with Crippen molar-refractivity contribution in [2.75, 3.05) is 13.2 Å². The van der Waals surface area contributed by atoms with E-state index in [1.807, 2.05) is 35.2 Å². The first-order valence-corrected chi connectivity index (χ1v) is 5.33. The van der Waals surface area contributed by atoms with E-state index >= 15 is 0 Å². The molecule has 0 aliphatic carbocycles. The number of pyridine rings is 1.